The Bertz CT molecular complexity index is 967. The van der Waals surface area contributed by atoms with Gasteiger partial charge >= 0.3 is 0 Å². The number of para-hydroxylation sites is 1. The van der Waals surface area contributed by atoms with Crippen molar-refractivity contribution in [3.8, 4) is 11.8 Å². The van der Waals surface area contributed by atoms with Crippen molar-refractivity contribution in [3.05, 3.63) is 60.2 Å². The van der Waals surface area contributed by atoms with E-state index in [4.69, 9.17) is 10.00 Å². The standard InChI is InChI=1S/C19H20N4O4S/c1-15(23(28(2,25)26)17-6-4-3-5-7-17)19(24)22-21-14-16-8-10-18(11-9-16)27-13-12-20/h3-11,14-15H,13H2,1-2H3,(H,22,24)/b21-14-/t15-/m0/s1. The van der Waals surface area contributed by atoms with Crippen molar-refractivity contribution in [2.75, 3.05) is 17.2 Å². The molecule has 0 aliphatic carbocycles. The molecule has 0 radical (unpaired) electrons. The molecule has 0 saturated carbocycles. The highest BCUT2D eigenvalue weighted by atomic mass is 32.2. The van der Waals surface area contributed by atoms with Crippen molar-refractivity contribution in [3.63, 3.8) is 0 Å². The number of amides is 1. The highest BCUT2D eigenvalue weighted by molar-refractivity contribution is 7.92. The lowest BCUT2D eigenvalue weighted by Crippen LogP contribution is -2.46. The SMILES string of the molecule is C[C@@H](C(=O)N/N=C\c1ccc(OCC#N)cc1)N(c1ccccc1)S(C)(=O)=O. The first-order valence-corrected chi connectivity index (χ1v) is 10.1. The van der Waals surface area contributed by atoms with Crippen LogP contribution in [0.5, 0.6) is 5.75 Å². The molecule has 2 aromatic carbocycles. The van der Waals surface area contributed by atoms with Gasteiger partial charge in [0.2, 0.25) is 10.0 Å². The number of nitrogens with zero attached hydrogens (tertiary/aromatic N) is 3. The van der Waals surface area contributed by atoms with Crippen molar-refractivity contribution in [2.24, 2.45) is 5.10 Å². The van der Waals surface area contributed by atoms with Crippen LogP contribution >= 0.6 is 0 Å². The average molecular weight is 400 g/mol. The third-order valence-corrected chi connectivity index (χ3v) is 4.91. The van der Waals surface area contributed by atoms with Gasteiger partial charge in [0.1, 0.15) is 17.9 Å². The summed E-state index contributed by atoms with van der Waals surface area (Å²) in [5.74, 6) is -0.0254. The molecule has 0 aliphatic rings. The van der Waals surface area contributed by atoms with Gasteiger partial charge < -0.3 is 4.74 Å². The summed E-state index contributed by atoms with van der Waals surface area (Å²) in [5.41, 5.74) is 3.44. The molecule has 1 atom stereocenters. The summed E-state index contributed by atoms with van der Waals surface area (Å²) < 4.78 is 30.5. The molecule has 0 saturated heterocycles. The third-order valence-electron chi connectivity index (χ3n) is 3.67. The first-order chi connectivity index (χ1) is 13.3. The average Bonchev–Trinajstić information content (AvgIpc) is 2.67. The summed E-state index contributed by atoms with van der Waals surface area (Å²) in [4.78, 5) is 12.4. The number of carbonyl (C=O) groups excluding carboxylic acids is 1. The van der Waals surface area contributed by atoms with E-state index in [-0.39, 0.29) is 6.61 Å². The molecule has 9 heteroatoms. The molecule has 0 aromatic heterocycles. The largest absolute Gasteiger partial charge is 0.479 e. The van der Waals surface area contributed by atoms with Gasteiger partial charge in [0.15, 0.2) is 6.61 Å². The van der Waals surface area contributed by atoms with Crippen LogP contribution in [-0.2, 0) is 14.8 Å². The molecule has 0 aliphatic heterocycles. The van der Waals surface area contributed by atoms with E-state index in [0.717, 1.165) is 10.6 Å². The fraction of sp³-hybridized carbons (Fsp3) is 0.211. The summed E-state index contributed by atoms with van der Waals surface area (Å²) in [6.45, 7) is 1.44. The van der Waals surface area contributed by atoms with E-state index in [0.29, 0.717) is 17.0 Å². The fourth-order valence-electron chi connectivity index (χ4n) is 2.41. The van der Waals surface area contributed by atoms with Crippen molar-refractivity contribution < 1.29 is 17.9 Å². The van der Waals surface area contributed by atoms with Crippen molar-refractivity contribution in [2.45, 2.75) is 13.0 Å². The van der Waals surface area contributed by atoms with E-state index in [2.05, 4.69) is 10.5 Å². The molecule has 2 aromatic rings. The Morgan fingerprint density at radius 1 is 1.25 bits per heavy atom. The minimum Gasteiger partial charge on any atom is -0.479 e. The number of ether oxygens (including phenoxy) is 1. The first kappa shape index (κ1) is 20.9. The summed E-state index contributed by atoms with van der Waals surface area (Å²) in [6, 6.07) is 16.0. The number of hydrazone groups is 1. The normalized spacial score (nSPS) is 12.2. The predicted octanol–water partition coefficient (Wildman–Crippen LogP) is 1.89. The first-order valence-electron chi connectivity index (χ1n) is 8.30. The van der Waals surface area contributed by atoms with Gasteiger partial charge in [-0.2, -0.15) is 10.4 Å². The minimum atomic E-state index is -3.67. The Balaban J connectivity index is 2.04. The second-order valence-corrected chi connectivity index (χ2v) is 7.68. The zero-order valence-corrected chi connectivity index (χ0v) is 16.3. The second-order valence-electron chi connectivity index (χ2n) is 5.82. The smallest absolute Gasteiger partial charge is 0.263 e. The number of nitrogens with one attached hydrogen (secondary N) is 1. The lowest BCUT2D eigenvalue weighted by molar-refractivity contribution is -0.121. The molecule has 0 heterocycles. The van der Waals surface area contributed by atoms with Crippen LogP contribution in [-0.4, -0.2) is 39.4 Å². The van der Waals surface area contributed by atoms with Crippen molar-refractivity contribution >= 4 is 27.8 Å². The number of sulfonamides is 1. The summed E-state index contributed by atoms with van der Waals surface area (Å²) in [5, 5.41) is 12.4. The molecule has 1 amide bonds. The van der Waals surface area contributed by atoms with E-state index in [1.165, 1.54) is 13.1 Å². The number of hydrogen-bond acceptors (Lipinski definition) is 6. The fourth-order valence-corrected chi connectivity index (χ4v) is 3.59. The molecule has 0 fully saturated rings. The minimum absolute atomic E-state index is 0.0420. The quantitative estimate of drug-likeness (QED) is 0.537. The number of nitriles is 1. The Hall–Kier alpha value is -3.38. The Labute approximate surface area is 164 Å². The van der Waals surface area contributed by atoms with E-state index in [9.17, 15) is 13.2 Å². The van der Waals surface area contributed by atoms with Gasteiger partial charge in [-0.05, 0) is 48.9 Å². The Morgan fingerprint density at radius 3 is 2.46 bits per heavy atom. The maximum atomic E-state index is 12.4. The number of rotatable bonds is 8. The monoisotopic (exact) mass is 400 g/mol. The van der Waals surface area contributed by atoms with Crippen LogP contribution in [0.15, 0.2) is 59.7 Å². The maximum absolute atomic E-state index is 12.4. The summed E-state index contributed by atoms with van der Waals surface area (Å²) in [6.07, 6.45) is 2.47. The maximum Gasteiger partial charge on any atom is 0.263 e. The van der Waals surface area contributed by atoms with E-state index in [1.807, 2.05) is 6.07 Å². The lowest BCUT2D eigenvalue weighted by atomic mass is 10.2. The number of benzene rings is 2. The van der Waals surface area contributed by atoms with Gasteiger partial charge in [-0.15, -0.1) is 0 Å². The predicted molar refractivity (Wildman–Crippen MR) is 107 cm³/mol. The molecule has 1 N–H and O–H groups in total. The second kappa shape index (κ2) is 9.53. The molecule has 2 rings (SSSR count). The molecular weight excluding hydrogens is 380 g/mol. The van der Waals surface area contributed by atoms with E-state index in [1.54, 1.807) is 54.6 Å². The highest BCUT2D eigenvalue weighted by Crippen LogP contribution is 2.20. The van der Waals surface area contributed by atoms with Crippen molar-refractivity contribution in [1.82, 2.24) is 5.43 Å². The van der Waals surface area contributed by atoms with Crippen LogP contribution in [0.2, 0.25) is 0 Å². The number of anilines is 1. The van der Waals surface area contributed by atoms with Crippen LogP contribution in [0.25, 0.3) is 0 Å². The Morgan fingerprint density at radius 2 is 1.89 bits per heavy atom. The van der Waals surface area contributed by atoms with Crippen LogP contribution in [0.4, 0.5) is 5.69 Å². The van der Waals surface area contributed by atoms with Gasteiger partial charge in [0.05, 0.1) is 18.2 Å². The summed E-state index contributed by atoms with van der Waals surface area (Å²) in [7, 11) is -3.67. The summed E-state index contributed by atoms with van der Waals surface area (Å²) >= 11 is 0. The molecule has 0 bridgehead atoms. The third kappa shape index (κ3) is 5.82. The zero-order valence-electron chi connectivity index (χ0n) is 15.4. The molecule has 0 spiro atoms. The zero-order chi connectivity index (χ0) is 20.6. The van der Waals surface area contributed by atoms with Gasteiger partial charge in [0.25, 0.3) is 5.91 Å². The molecule has 8 nitrogen and oxygen atoms in total. The molecule has 0 unspecified atom stereocenters. The van der Waals surface area contributed by atoms with Crippen LogP contribution in [0.3, 0.4) is 0 Å². The van der Waals surface area contributed by atoms with E-state index >= 15 is 0 Å². The van der Waals surface area contributed by atoms with Gasteiger partial charge in [-0.1, -0.05) is 18.2 Å². The topological polar surface area (TPSA) is 112 Å². The van der Waals surface area contributed by atoms with Gasteiger partial charge in [-0.25, -0.2) is 13.8 Å². The van der Waals surface area contributed by atoms with Crippen molar-refractivity contribution in [1.29, 1.82) is 5.26 Å². The Kier molecular flexibility index (Phi) is 7.12. The van der Waals surface area contributed by atoms with Crippen LogP contribution in [0, 0.1) is 11.3 Å². The van der Waals surface area contributed by atoms with Crippen LogP contribution in [0.1, 0.15) is 12.5 Å². The lowest BCUT2D eigenvalue weighted by Gasteiger charge is -2.27. The highest BCUT2D eigenvalue weighted by Gasteiger charge is 2.28. The van der Waals surface area contributed by atoms with Crippen LogP contribution < -0.4 is 14.5 Å². The van der Waals surface area contributed by atoms with Gasteiger partial charge in [0, 0.05) is 0 Å². The molecular formula is C19H20N4O4S. The van der Waals surface area contributed by atoms with E-state index < -0.39 is 22.0 Å². The molecule has 146 valence electrons. The number of carbonyl (C=O) groups is 1. The molecule has 28 heavy (non-hydrogen) atoms. The number of hydrogen-bond donors (Lipinski definition) is 1. The van der Waals surface area contributed by atoms with Gasteiger partial charge in [-0.3, -0.25) is 9.10 Å².